The van der Waals surface area contributed by atoms with Crippen LogP contribution in [0, 0.1) is 5.82 Å². The van der Waals surface area contributed by atoms with E-state index in [1.165, 1.54) is 12.1 Å². The number of halogens is 4. The van der Waals surface area contributed by atoms with Crippen molar-refractivity contribution in [3.63, 3.8) is 0 Å². The molecule has 0 spiro atoms. The third-order valence-electron chi connectivity index (χ3n) is 4.50. The van der Waals surface area contributed by atoms with E-state index in [4.69, 9.17) is 5.73 Å². The zero-order valence-electron chi connectivity index (χ0n) is 16.1. The molecule has 0 aliphatic carbocycles. The monoisotopic (exact) mass is 444 g/mol. The van der Waals surface area contributed by atoms with Gasteiger partial charge in [0.25, 0.3) is 0 Å². The minimum atomic E-state index is -0.278. The first kappa shape index (κ1) is 28.4. The molecular formula is C18H32Cl3FN4O. The first-order chi connectivity index (χ1) is 11.4. The third kappa shape index (κ3) is 8.83. The van der Waals surface area contributed by atoms with Crippen LogP contribution in [0.3, 0.4) is 0 Å². The second-order valence-corrected chi connectivity index (χ2v) is 6.80. The van der Waals surface area contributed by atoms with Crippen molar-refractivity contribution in [2.24, 2.45) is 5.73 Å². The molecule has 3 N–H and O–H groups in total. The Morgan fingerprint density at radius 3 is 2.33 bits per heavy atom. The van der Waals surface area contributed by atoms with E-state index in [2.05, 4.69) is 22.2 Å². The van der Waals surface area contributed by atoms with Gasteiger partial charge in [-0.25, -0.2) is 4.39 Å². The lowest BCUT2D eigenvalue weighted by molar-refractivity contribution is -0.121. The van der Waals surface area contributed by atoms with Gasteiger partial charge >= 0.3 is 0 Å². The third-order valence-corrected chi connectivity index (χ3v) is 4.50. The lowest BCUT2D eigenvalue weighted by Crippen LogP contribution is -2.45. The molecule has 0 bridgehead atoms. The normalized spacial score (nSPS) is 16.3. The van der Waals surface area contributed by atoms with Gasteiger partial charge in [0.1, 0.15) is 5.82 Å². The molecule has 0 aromatic heterocycles. The van der Waals surface area contributed by atoms with Crippen LogP contribution in [0.4, 0.5) is 10.1 Å². The number of likely N-dealkylation sites (N-methyl/N-ethyl adjacent to an activating group) is 1. The molecule has 2 atom stereocenters. The SMILES string of the molecule is CC(N)CCC(=O)NC(C)c1cc(F)ccc1N1CCN(C)CC1.Cl.Cl.Cl. The first-order valence-electron chi connectivity index (χ1n) is 8.64. The molecule has 0 radical (unpaired) electrons. The van der Waals surface area contributed by atoms with Gasteiger partial charge in [-0.2, -0.15) is 0 Å². The molecule has 158 valence electrons. The summed E-state index contributed by atoms with van der Waals surface area (Å²) in [6.45, 7) is 7.55. The number of benzene rings is 1. The van der Waals surface area contributed by atoms with E-state index in [1.807, 2.05) is 19.9 Å². The van der Waals surface area contributed by atoms with Gasteiger partial charge in [0.05, 0.1) is 6.04 Å². The molecular weight excluding hydrogens is 414 g/mol. The van der Waals surface area contributed by atoms with E-state index in [0.717, 1.165) is 37.4 Å². The van der Waals surface area contributed by atoms with Crippen LogP contribution in [0.2, 0.25) is 0 Å². The zero-order chi connectivity index (χ0) is 17.7. The highest BCUT2D eigenvalue weighted by molar-refractivity contribution is 5.86. The van der Waals surface area contributed by atoms with Crippen molar-refractivity contribution < 1.29 is 9.18 Å². The number of nitrogens with one attached hydrogen (secondary N) is 1. The lowest BCUT2D eigenvalue weighted by atomic mass is 10.0. The van der Waals surface area contributed by atoms with E-state index in [0.29, 0.717) is 12.8 Å². The molecule has 9 heteroatoms. The van der Waals surface area contributed by atoms with Crippen molar-refractivity contribution in [3.8, 4) is 0 Å². The van der Waals surface area contributed by atoms with Crippen molar-refractivity contribution in [1.29, 1.82) is 0 Å². The summed E-state index contributed by atoms with van der Waals surface area (Å²) in [4.78, 5) is 16.6. The quantitative estimate of drug-likeness (QED) is 0.706. The van der Waals surface area contributed by atoms with Gasteiger partial charge in [-0.05, 0) is 45.5 Å². The van der Waals surface area contributed by atoms with Crippen LogP contribution in [0.5, 0.6) is 0 Å². The van der Waals surface area contributed by atoms with Crippen molar-refractivity contribution in [3.05, 3.63) is 29.6 Å². The van der Waals surface area contributed by atoms with Gasteiger partial charge in [0, 0.05) is 49.9 Å². The average Bonchev–Trinajstić information content (AvgIpc) is 2.54. The van der Waals surface area contributed by atoms with Gasteiger partial charge in [0.2, 0.25) is 5.91 Å². The smallest absolute Gasteiger partial charge is 0.220 e. The summed E-state index contributed by atoms with van der Waals surface area (Å²) >= 11 is 0. The molecule has 1 aromatic rings. The Hall–Kier alpha value is -0.790. The maximum Gasteiger partial charge on any atom is 0.220 e. The minimum absolute atomic E-state index is 0. The Labute approximate surface area is 180 Å². The Balaban J connectivity index is 0. The lowest BCUT2D eigenvalue weighted by Gasteiger charge is -2.36. The Kier molecular flexibility index (Phi) is 14.1. The molecule has 1 saturated heterocycles. The van der Waals surface area contributed by atoms with Crippen molar-refractivity contribution in [2.45, 2.75) is 38.8 Å². The van der Waals surface area contributed by atoms with Gasteiger partial charge in [0.15, 0.2) is 0 Å². The van der Waals surface area contributed by atoms with Crippen LogP contribution in [0.1, 0.15) is 38.3 Å². The maximum atomic E-state index is 13.8. The number of piperazine rings is 1. The highest BCUT2D eigenvalue weighted by Crippen LogP contribution is 2.28. The van der Waals surface area contributed by atoms with E-state index in [1.54, 1.807) is 0 Å². The Morgan fingerprint density at radius 2 is 1.78 bits per heavy atom. The number of anilines is 1. The molecule has 5 nitrogen and oxygen atoms in total. The molecule has 0 saturated carbocycles. The van der Waals surface area contributed by atoms with Crippen LogP contribution in [0.15, 0.2) is 18.2 Å². The summed E-state index contributed by atoms with van der Waals surface area (Å²) in [5.74, 6) is -0.326. The minimum Gasteiger partial charge on any atom is -0.369 e. The summed E-state index contributed by atoms with van der Waals surface area (Å²) in [6.07, 6.45) is 1.04. The van der Waals surface area contributed by atoms with Crippen LogP contribution in [0.25, 0.3) is 0 Å². The number of rotatable bonds is 6. The van der Waals surface area contributed by atoms with Crippen molar-refractivity contribution in [2.75, 3.05) is 38.1 Å². The molecule has 1 amide bonds. The number of nitrogens with zero attached hydrogens (tertiary/aromatic N) is 2. The van der Waals surface area contributed by atoms with Crippen molar-refractivity contribution >= 4 is 48.8 Å². The summed E-state index contributed by atoms with van der Waals surface area (Å²) in [5, 5.41) is 2.97. The molecule has 1 aliphatic rings. The van der Waals surface area contributed by atoms with Crippen LogP contribution in [-0.4, -0.2) is 50.1 Å². The number of amides is 1. The number of carbonyl (C=O) groups is 1. The van der Waals surface area contributed by atoms with Crippen LogP contribution < -0.4 is 16.0 Å². The first-order valence-corrected chi connectivity index (χ1v) is 8.64. The van der Waals surface area contributed by atoms with E-state index in [-0.39, 0.29) is 61.0 Å². The number of hydrogen-bond donors (Lipinski definition) is 2. The van der Waals surface area contributed by atoms with Gasteiger partial charge in [-0.3, -0.25) is 4.79 Å². The zero-order valence-corrected chi connectivity index (χ0v) is 18.6. The topological polar surface area (TPSA) is 61.6 Å². The van der Waals surface area contributed by atoms with Gasteiger partial charge in [-0.15, -0.1) is 37.2 Å². The molecule has 27 heavy (non-hydrogen) atoms. The summed E-state index contributed by atoms with van der Waals surface area (Å²) in [6, 6.07) is 4.60. The number of hydrogen-bond acceptors (Lipinski definition) is 4. The Morgan fingerprint density at radius 1 is 1.19 bits per heavy atom. The van der Waals surface area contributed by atoms with E-state index in [9.17, 15) is 9.18 Å². The predicted molar refractivity (Wildman–Crippen MR) is 117 cm³/mol. The van der Waals surface area contributed by atoms with Crippen molar-refractivity contribution in [1.82, 2.24) is 10.2 Å². The summed E-state index contributed by atoms with van der Waals surface area (Å²) in [5.41, 5.74) is 7.53. The number of carbonyl (C=O) groups excluding carboxylic acids is 1. The molecule has 2 rings (SSSR count). The summed E-state index contributed by atoms with van der Waals surface area (Å²) < 4.78 is 13.8. The highest BCUT2D eigenvalue weighted by atomic mass is 35.5. The van der Waals surface area contributed by atoms with Gasteiger partial charge in [-0.1, -0.05) is 0 Å². The maximum absolute atomic E-state index is 13.8. The molecule has 2 unspecified atom stereocenters. The largest absolute Gasteiger partial charge is 0.369 e. The fourth-order valence-corrected chi connectivity index (χ4v) is 2.96. The highest BCUT2D eigenvalue weighted by Gasteiger charge is 2.21. The fourth-order valence-electron chi connectivity index (χ4n) is 2.96. The predicted octanol–water partition coefficient (Wildman–Crippen LogP) is 3.15. The molecule has 1 fully saturated rings. The average molecular weight is 446 g/mol. The van der Waals surface area contributed by atoms with E-state index < -0.39 is 0 Å². The van der Waals surface area contributed by atoms with Crippen LogP contribution in [-0.2, 0) is 4.79 Å². The number of nitrogens with two attached hydrogens (primary N) is 1. The van der Waals surface area contributed by atoms with E-state index >= 15 is 0 Å². The van der Waals surface area contributed by atoms with Crippen LogP contribution >= 0.6 is 37.2 Å². The second-order valence-electron chi connectivity index (χ2n) is 6.80. The standard InChI is InChI=1S/C18H29FN4O.3ClH/c1-13(20)4-7-18(24)21-14(2)16-12-15(19)5-6-17(16)23-10-8-22(3)9-11-23;;;/h5-6,12-14H,4,7-11,20H2,1-3H3,(H,21,24);3*1H. The molecule has 1 aliphatic heterocycles. The Bertz CT molecular complexity index is 570. The summed E-state index contributed by atoms with van der Waals surface area (Å²) in [7, 11) is 2.10. The molecule has 1 heterocycles. The fraction of sp³-hybridized carbons (Fsp3) is 0.611. The van der Waals surface area contributed by atoms with Gasteiger partial charge < -0.3 is 20.9 Å². The molecule has 1 aromatic carbocycles. The second kappa shape index (κ2) is 13.4.